The Bertz CT molecular complexity index is 835. The number of benzene rings is 1. The highest BCUT2D eigenvalue weighted by molar-refractivity contribution is 5.89. The Balaban J connectivity index is 1.34. The van der Waals surface area contributed by atoms with Crippen LogP contribution in [0.15, 0.2) is 54.9 Å². The predicted octanol–water partition coefficient (Wildman–Crippen LogP) is 2.60. The van der Waals surface area contributed by atoms with Crippen molar-refractivity contribution in [2.75, 3.05) is 20.2 Å². The number of hydrogen-bond acceptors (Lipinski definition) is 4. The topological polar surface area (TPSA) is 62.7 Å². The van der Waals surface area contributed by atoms with E-state index in [4.69, 9.17) is 4.74 Å². The molecule has 2 aromatic rings. The standard InChI is InChI=1S/C23H27N3O3/c1-29-22-21(18-9-13-24-14-10-18)26(23(22)28)19-11-15-25(16-12-19)20(27)8-7-17-5-3-2-4-6-17/h2-6,9-10,13-14,19,21-22H,7-8,11-12,15-16H2,1H3/t21-,22+/m0/s1. The molecule has 3 heterocycles. The normalized spacial score (nSPS) is 22.4. The summed E-state index contributed by atoms with van der Waals surface area (Å²) in [5, 5.41) is 0. The highest BCUT2D eigenvalue weighted by atomic mass is 16.5. The fourth-order valence-corrected chi connectivity index (χ4v) is 4.46. The van der Waals surface area contributed by atoms with E-state index in [9.17, 15) is 9.59 Å². The Hall–Kier alpha value is -2.73. The summed E-state index contributed by atoms with van der Waals surface area (Å²) in [4.78, 5) is 33.2. The summed E-state index contributed by atoms with van der Waals surface area (Å²) in [6.45, 7) is 1.39. The zero-order chi connectivity index (χ0) is 20.2. The molecule has 2 aliphatic heterocycles. The minimum Gasteiger partial charge on any atom is -0.369 e. The van der Waals surface area contributed by atoms with E-state index in [2.05, 4.69) is 17.1 Å². The third-order valence-electron chi connectivity index (χ3n) is 6.07. The number of methoxy groups -OCH3 is 1. The van der Waals surface area contributed by atoms with E-state index < -0.39 is 6.10 Å². The molecule has 1 aromatic heterocycles. The van der Waals surface area contributed by atoms with Crippen LogP contribution >= 0.6 is 0 Å². The van der Waals surface area contributed by atoms with Gasteiger partial charge in [-0.2, -0.15) is 0 Å². The van der Waals surface area contributed by atoms with E-state index in [0.29, 0.717) is 19.5 Å². The molecule has 0 N–H and O–H groups in total. The summed E-state index contributed by atoms with van der Waals surface area (Å²) in [5.74, 6) is 0.242. The first-order valence-electron chi connectivity index (χ1n) is 10.3. The number of carbonyl (C=O) groups is 2. The summed E-state index contributed by atoms with van der Waals surface area (Å²) in [6, 6.07) is 14.1. The van der Waals surface area contributed by atoms with Crippen LogP contribution in [0.5, 0.6) is 0 Å². The van der Waals surface area contributed by atoms with Crippen LogP contribution in [-0.2, 0) is 20.7 Å². The van der Waals surface area contributed by atoms with Gasteiger partial charge in [-0.25, -0.2) is 0 Å². The molecule has 6 nitrogen and oxygen atoms in total. The first-order chi connectivity index (χ1) is 14.2. The molecule has 2 saturated heterocycles. The van der Waals surface area contributed by atoms with Crippen LogP contribution in [0.4, 0.5) is 0 Å². The van der Waals surface area contributed by atoms with Crippen molar-refractivity contribution in [3.05, 3.63) is 66.0 Å². The summed E-state index contributed by atoms with van der Waals surface area (Å²) < 4.78 is 5.44. The highest BCUT2D eigenvalue weighted by Crippen LogP contribution is 2.40. The first kappa shape index (κ1) is 19.6. The zero-order valence-corrected chi connectivity index (χ0v) is 16.7. The minimum absolute atomic E-state index is 0.0446. The second-order valence-corrected chi connectivity index (χ2v) is 7.72. The minimum atomic E-state index is -0.428. The fourth-order valence-electron chi connectivity index (χ4n) is 4.46. The molecule has 152 valence electrons. The zero-order valence-electron chi connectivity index (χ0n) is 16.7. The van der Waals surface area contributed by atoms with Crippen LogP contribution in [0.1, 0.15) is 36.4 Å². The van der Waals surface area contributed by atoms with Gasteiger partial charge in [0.15, 0.2) is 6.10 Å². The molecule has 0 saturated carbocycles. The maximum Gasteiger partial charge on any atom is 0.255 e. The molecule has 0 radical (unpaired) electrons. The van der Waals surface area contributed by atoms with Gasteiger partial charge in [0, 0.05) is 45.1 Å². The monoisotopic (exact) mass is 393 g/mol. The average Bonchev–Trinajstić information content (AvgIpc) is 2.78. The van der Waals surface area contributed by atoms with Crippen molar-refractivity contribution < 1.29 is 14.3 Å². The van der Waals surface area contributed by atoms with E-state index in [1.165, 1.54) is 5.56 Å². The van der Waals surface area contributed by atoms with Gasteiger partial charge < -0.3 is 14.5 Å². The molecule has 29 heavy (non-hydrogen) atoms. The lowest BCUT2D eigenvalue weighted by Gasteiger charge is -2.52. The highest BCUT2D eigenvalue weighted by Gasteiger charge is 2.51. The van der Waals surface area contributed by atoms with Gasteiger partial charge in [0.05, 0.1) is 6.04 Å². The van der Waals surface area contributed by atoms with Crippen LogP contribution in [0.3, 0.4) is 0 Å². The molecule has 4 rings (SSSR count). The molecule has 2 amide bonds. The van der Waals surface area contributed by atoms with Gasteiger partial charge >= 0.3 is 0 Å². The molecule has 1 aromatic carbocycles. The van der Waals surface area contributed by atoms with Crippen molar-refractivity contribution >= 4 is 11.8 Å². The van der Waals surface area contributed by atoms with Gasteiger partial charge in [-0.3, -0.25) is 14.6 Å². The van der Waals surface area contributed by atoms with Gasteiger partial charge in [0.1, 0.15) is 0 Å². The lowest BCUT2D eigenvalue weighted by Crippen LogP contribution is -2.64. The first-order valence-corrected chi connectivity index (χ1v) is 10.3. The maximum atomic E-state index is 12.7. The van der Waals surface area contributed by atoms with Crippen molar-refractivity contribution in [1.82, 2.24) is 14.8 Å². The largest absolute Gasteiger partial charge is 0.369 e. The Morgan fingerprint density at radius 2 is 1.79 bits per heavy atom. The third-order valence-corrected chi connectivity index (χ3v) is 6.07. The van der Waals surface area contributed by atoms with Crippen LogP contribution in [-0.4, -0.2) is 58.9 Å². The van der Waals surface area contributed by atoms with Crippen LogP contribution in [0.2, 0.25) is 0 Å². The molecule has 2 fully saturated rings. The number of aryl methyl sites for hydroxylation is 1. The van der Waals surface area contributed by atoms with E-state index in [1.807, 2.05) is 40.1 Å². The third kappa shape index (κ3) is 4.03. The number of amides is 2. The van der Waals surface area contributed by atoms with Crippen molar-refractivity contribution in [3.63, 3.8) is 0 Å². The van der Waals surface area contributed by atoms with Crippen LogP contribution in [0, 0.1) is 0 Å². The molecule has 2 atom stereocenters. The van der Waals surface area contributed by atoms with Crippen molar-refractivity contribution in [1.29, 1.82) is 0 Å². The summed E-state index contributed by atoms with van der Waals surface area (Å²) in [6.07, 6.45) is 5.98. The van der Waals surface area contributed by atoms with E-state index in [-0.39, 0.29) is 23.9 Å². The van der Waals surface area contributed by atoms with Crippen LogP contribution < -0.4 is 0 Å². The Labute approximate surface area is 171 Å². The SMILES string of the molecule is CO[C@H]1C(=O)N(C2CCN(C(=O)CCc3ccccc3)CC2)[C@H]1c1ccncc1. The number of β-lactam (4-membered cyclic amide) rings is 1. The quantitative estimate of drug-likeness (QED) is 0.708. The number of hydrogen-bond donors (Lipinski definition) is 0. The number of piperidine rings is 1. The Morgan fingerprint density at radius 1 is 1.10 bits per heavy atom. The maximum absolute atomic E-state index is 12.7. The van der Waals surface area contributed by atoms with Gasteiger partial charge in [-0.05, 0) is 42.5 Å². The molecular formula is C23H27N3O3. The van der Waals surface area contributed by atoms with E-state index >= 15 is 0 Å². The number of likely N-dealkylation sites (tertiary alicyclic amines) is 2. The number of ether oxygens (including phenoxy) is 1. The molecular weight excluding hydrogens is 366 g/mol. The number of nitrogens with zero attached hydrogens (tertiary/aromatic N) is 3. The fraction of sp³-hybridized carbons (Fsp3) is 0.435. The number of aromatic nitrogens is 1. The lowest BCUT2D eigenvalue weighted by atomic mass is 9.86. The molecule has 0 unspecified atom stereocenters. The van der Waals surface area contributed by atoms with Gasteiger partial charge in [-0.1, -0.05) is 30.3 Å². The average molecular weight is 393 g/mol. The second-order valence-electron chi connectivity index (χ2n) is 7.72. The van der Waals surface area contributed by atoms with Gasteiger partial charge in [0.25, 0.3) is 5.91 Å². The lowest BCUT2D eigenvalue weighted by molar-refractivity contribution is -0.178. The van der Waals surface area contributed by atoms with Gasteiger partial charge in [0.2, 0.25) is 5.91 Å². The predicted molar refractivity (Wildman–Crippen MR) is 109 cm³/mol. The molecule has 0 aliphatic carbocycles. The Morgan fingerprint density at radius 3 is 2.45 bits per heavy atom. The summed E-state index contributed by atoms with van der Waals surface area (Å²) >= 11 is 0. The van der Waals surface area contributed by atoms with Crippen molar-refractivity contribution in [2.24, 2.45) is 0 Å². The van der Waals surface area contributed by atoms with E-state index in [1.54, 1.807) is 19.5 Å². The van der Waals surface area contributed by atoms with Crippen molar-refractivity contribution in [2.45, 2.75) is 43.9 Å². The Kier molecular flexibility index (Phi) is 5.90. The van der Waals surface area contributed by atoms with Gasteiger partial charge in [-0.15, -0.1) is 0 Å². The second kappa shape index (κ2) is 8.74. The van der Waals surface area contributed by atoms with Crippen molar-refractivity contribution in [3.8, 4) is 0 Å². The number of rotatable bonds is 6. The molecule has 2 aliphatic rings. The number of carbonyl (C=O) groups excluding carboxylic acids is 2. The van der Waals surface area contributed by atoms with E-state index in [0.717, 1.165) is 24.8 Å². The number of pyridine rings is 1. The molecule has 0 bridgehead atoms. The smallest absolute Gasteiger partial charge is 0.255 e. The summed E-state index contributed by atoms with van der Waals surface area (Å²) in [5.41, 5.74) is 2.24. The molecule has 0 spiro atoms. The summed E-state index contributed by atoms with van der Waals surface area (Å²) in [7, 11) is 1.59. The van der Waals surface area contributed by atoms with Crippen LogP contribution in [0.25, 0.3) is 0 Å². The molecule has 6 heteroatoms.